The fraction of sp³-hybridized carbons (Fsp3) is 1.00. The van der Waals surface area contributed by atoms with Crippen molar-refractivity contribution < 1.29 is 0 Å². The van der Waals surface area contributed by atoms with E-state index in [0.717, 1.165) is 12.0 Å². The number of likely N-dealkylation sites (tertiary alicyclic amines) is 1. The molecule has 2 nitrogen and oxygen atoms in total. The molecule has 1 aliphatic carbocycles. The monoisotopic (exact) mass is 224 g/mol. The third kappa shape index (κ3) is 2.60. The van der Waals surface area contributed by atoms with Crippen LogP contribution in [-0.2, 0) is 0 Å². The van der Waals surface area contributed by atoms with Crippen LogP contribution in [0.25, 0.3) is 0 Å². The quantitative estimate of drug-likeness (QED) is 0.790. The Morgan fingerprint density at radius 3 is 2.69 bits per heavy atom. The first kappa shape index (κ1) is 12.4. The summed E-state index contributed by atoms with van der Waals surface area (Å²) in [6.07, 6.45) is 8.44. The normalized spacial score (nSPS) is 34.7. The molecule has 94 valence electrons. The van der Waals surface area contributed by atoms with Crippen molar-refractivity contribution in [2.24, 2.45) is 5.92 Å². The molecule has 1 N–H and O–H groups in total. The minimum absolute atomic E-state index is 0.466. The molecular weight excluding hydrogens is 196 g/mol. The van der Waals surface area contributed by atoms with Gasteiger partial charge in [0.05, 0.1) is 0 Å². The van der Waals surface area contributed by atoms with Crippen molar-refractivity contribution in [3.05, 3.63) is 0 Å². The van der Waals surface area contributed by atoms with Gasteiger partial charge in [-0.3, -0.25) is 4.90 Å². The van der Waals surface area contributed by atoms with E-state index >= 15 is 0 Å². The molecule has 1 heterocycles. The number of hydrogen-bond acceptors (Lipinski definition) is 2. The molecule has 0 aromatic rings. The summed E-state index contributed by atoms with van der Waals surface area (Å²) in [5.74, 6) is 0.932. The van der Waals surface area contributed by atoms with Gasteiger partial charge >= 0.3 is 0 Å². The van der Waals surface area contributed by atoms with Gasteiger partial charge in [-0.2, -0.15) is 0 Å². The summed E-state index contributed by atoms with van der Waals surface area (Å²) in [4.78, 5) is 2.71. The maximum Gasteiger partial charge on any atom is 0.0153 e. The Hall–Kier alpha value is -0.0800. The maximum atomic E-state index is 3.49. The Bertz CT molecular complexity index is 225. The van der Waals surface area contributed by atoms with Crippen molar-refractivity contribution in [2.75, 3.05) is 20.1 Å². The summed E-state index contributed by atoms with van der Waals surface area (Å²) in [6, 6.07) is 0.797. The first-order chi connectivity index (χ1) is 7.63. The molecule has 1 saturated heterocycles. The van der Waals surface area contributed by atoms with Gasteiger partial charge in [0.1, 0.15) is 0 Å². The second-order valence-corrected chi connectivity index (χ2v) is 6.28. The predicted octanol–water partition coefficient (Wildman–Crippen LogP) is 2.64. The van der Waals surface area contributed by atoms with Gasteiger partial charge in [0.15, 0.2) is 0 Å². The minimum Gasteiger partial charge on any atom is -0.317 e. The van der Waals surface area contributed by atoms with E-state index < -0.39 is 0 Å². The molecule has 0 aromatic carbocycles. The molecule has 1 saturated carbocycles. The van der Waals surface area contributed by atoms with Gasteiger partial charge in [-0.05, 0) is 72.0 Å². The highest BCUT2D eigenvalue weighted by molar-refractivity contribution is 4.89. The lowest BCUT2D eigenvalue weighted by Crippen LogP contribution is -2.40. The zero-order valence-electron chi connectivity index (χ0n) is 11.3. The van der Waals surface area contributed by atoms with Crippen molar-refractivity contribution in [1.82, 2.24) is 10.2 Å². The standard InChI is InChI=1S/C14H28N2/c1-14(2)9-5-10-16(14)11-8-12-6-4-7-13(12)15-3/h12-13,15H,4-11H2,1-3H3. The van der Waals surface area contributed by atoms with Gasteiger partial charge < -0.3 is 5.32 Å². The van der Waals surface area contributed by atoms with E-state index in [2.05, 4.69) is 31.1 Å². The van der Waals surface area contributed by atoms with Crippen molar-refractivity contribution in [1.29, 1.82) is 0 Å². The Morgan fingerprint density at radius 2 is 2.06 bits per heavy atom. The van der Waals surface area contributed by atoms with Gasteiger partial charge in [-0.15, -0.1) is 0 Å². The summed E-state index contributed by atoms with van der Waals surface area (Å²) in [5.41, 5.74) is 0.466. The molecule has 16 heavy (non-hydrogen) atoms. The van der Waals surface area contributed by atoms with E-state index in [0.29, 0.717) is 5.54 Å². The Labute approximate surface area is 101 Å². The van der Waals surface area contributed by atoms with Gasteiger partial charge in [0, 0.05) is 11.6 Å². The summed E-state index contributed by atoms with van der Waals surface area (Å²) < 4.78 is 0. The third-order valence-electron chi connectivity index (χ3n) is 4.87. The summed E-state index contributed by atoms with van der Waals surface area (Å²) >= 11 is 0. The second-order valence-electron chi connectivity index (χ2n) is 6.28. The van der Waals surface area contributed by atoms with Crippen molar-refractivity contribution in [3.8, 4) is 0 Å². The minimum atomic E-state index is 0.466. The number of hydrogen-bond donors (Lipinski definition) is 1. The molecule has 2 atom stereocenters. The smallest absolute Gasteiger partial charge is 0.0153 e. The number of rotatable bonds is 4. The molecule has 2 unspecified atom stereocenters. The van der Waals surface area contributed by atoms with E-state index in [1.165, 1.54) is 51.6 Å². The fourth-order valence-electron chi connectivity index (χ4n) is 3.66. The summed E-state index contributed by atoms with van der Waals surface area (Å²) in [7, 11) is 2.13. The lowest BCUT2D eigenvalue weighted by atomic mass is 9.97. The van der Waals surface area contributed by atoms with Crippen LogP contribution < -0.4 is 5.32 Å². The van der Waals surface area contributed by atoms with Crippen LogP contribution in [0.2, 0.25) is 0 Å². The van der Waals surface area contributed by atoms with Crippen molar-refractivity contribution in [3.63, 3.8) is 0 Å². The highest BCUT2D eigenvalue weighted by Crippen LogP contribution is 2.32. The summed E-state index contributed by atoms with van der Waals surface area (Å²) in [5, 5.41) is 3.49. The zero-order chi connectivity index (χ0) is 11.6. The van der Waals surface area contributed by atoms with Crippen LogP contribution in [0.4, 0.5) is 0 Å². The highest BCUT2D eigenvalue weighted by Gasteiger charge is 2.33. The molecule has 2 rings (SSSR count). The highest BCUT2D eigenvalue weighted by atomic mass is 15.2. The third-order valence-corrected chi connectivity index (χ3v) is 4.87. The maximum absolute atomic E-state index is 3.49. The number of nitrogens with zero attached hydrogens (tertiary/aromatic N) is 1. The largest absolute Gasteiger partial charge is 0.317 e. The van der Waals surface area contributed by atoms with Gasteiger partial charge in [0.2, 0.25) is 0 Å². The molecule has 0 amide bonds. The van der Waals surface area contributed by atoms with Crippen LogP contribution in [-0.4, -0.2) is 36.6 Å². The average molecular weight is 224 g/mol. The first-order valence-electron chi connectivity index (χ1n) is 7.06. The average Bonchev–Trinajstić information content (AvgIpc) is 2.81. The van der Waals surface area contributed by atoms with E-state index in [1.807, 2.05) is 0 Å². The Kier molecular flexibility index (Phi) is 3.91. The van der Waals surface area contributed by atoms with Crippen LogP contribution >= 0.6 is 0 Å². The Morgan fingerprint density at radius 1 is 1.25 bits per heavy atom. The lowest BCUT2D eigenvalue weighted by Gasteiger charge is -2.33. The van der Waals surface area contributed by atoms with E-state index in [4.69, 9.17) is 0 Å². The van der Waals surface area contributed by atoms with Gasteiger partial charge in [-0.25, -0.2) is 0 Å². The SMILES string of the molecule is CNC1CCCC1CCN1CCCC1(C)C. The fourth-order valence-corrected chi connectivity index (χ4v) is 3.66. The Balaban J connectivity index is 1.78. The first-order valence-corrected chi connectivity index (χ1v) is 7.06. The van der Waals surface area contributed by atoms with Crippen molar-refractivity contribution in [2.45, 2.75) is 64.0 Å². The van der Waals surface area contributed by atoms with Crippen LogP contribution in [0.5, 0.6) is 0 Å². The molecule has 0 radical (unpaired) electrons. The molecule has 2 fully saturated rings. The predicted molar refractivity (Wildman–Crippen MR) is 69.7 cm³/mol. The molecule has 0 bridgehead atoms. The van der Waals surface area contributed by atoms with Crippen LogP contribution in [0.1, 0.15) is 52.4 Å². The van der Waals surface area contributed by atoms with Crippen molar-refractivity contribution >= 4 is 0 Å². The molecule has 0 spiro atoms. The molecule has 2 heteroatoms. The van der Waals surface area contributed by atoms with E-state index in [-0.39, 0.29) is 0 Å². The van der Waals surface area contributed by atoms with Crippen LogP contribution in [0, 0.1) is 5.92 Å². The topological polar surface area (TPSA) is 15.3 Å². The zero-order valence-corrected chi connectivity index (χ0v) is 11.3. The van der Waals surface area contributed by atoms with Crippen LogP contribution in [0.15, 0.2) is 0 Å². The van der Waals surface area contributed by atoms with Crippen LogP contribution in [0.3, 0.4) is 0 Å². The van der Waals surface area contributed by atoms with E-state index in [9.17, 15) is 0 Å². The molecule has 1 aliphatic heterocycles. The van der Waals surface area contributed by atoms with Gasteiger partial charge in [-0.1, -0.05) is 6.42 Å². The lowest BCUT2D eigenvalue weighted by molar-refractivity contribution is 0.160. The number of nitrogens with one attached hydrogen (secondary N) is 1. The molecule has 2 aliphatic rings. The second kappa shape index (κ2) is 5.05. The molecule has 0 aromatic heterocycles. The van der Waals surface area contributed by atoms with E-state index in [1.54, 1.807) is 0 Å². The van der Waals surface area contributed by atoms with Gasteiger partial charge in [0.25, 0.3) is 0 Å². The molecular formula is C14H28N2. The summed E-state index contributed by atoms with van der Waals surface area (Å²) in [6.45, 7) is 7.45.